The minimum absolute atomic E-state index is 0.227. The standard InChI is InChI=1S/C11H12N2O2S/c1-3-15-11(14)7(2)10-13-8-6-12-5-4-9(8)16-10/h4-7H,3H2,1-2H3. The molecule has 2 rings (SSSR count). The first-order valence-corrected chi connectivity index (χ1v) is 5.91. The van der Waals surface area contributed by atoms with E-state index >= 15 is 0 Å². The lowest BCUT2D eigenvalue weighted by Crippen LogP contribution is -2.12. The monoisotopic (exact) mass is 236 g/mol. The lowest BCUT2D eigenvalue weighted by Gasteiger charge is -2.06. The SMILES string of the molecule is CCOC(=O)C(C)c1nc2cnccc2s1. The molecule has 0 aliphatic carbocycles. The van der Waals surface area contributed by atoms with E-state index in [1.807, 2.05) is 13.0 Å². The van der Waals surface area contributed by atoms with E-state index < -0.39 is 0 Å². The second-order valence-corrected chi connectivity index (χ2v) is 4.43. The van der Waals surface area contributed by atoms with Crippen LogP contribution in [-0.2, 0) is 9.53 Å². The zero-order valence-corrected chi connectivity index (χ0v) is 9.95. The first kappa shape index (κ1) is 11.0. The summed E-state index contributed by atoms with van der Waals surface area (Å²) in [5.74, 6) is -0.535. The largest absolute Gasteiger partial charge is 0.465 e. The molecule has 0 aromatic carbocycles. The van der Waals surface area contributed by atoms with Crippen molar-refractivity contribution in [2.45, 2.75) is 19.8 Å². The van der Waals surface area contributed by atoms with Crippen LogP contribution < -0.4 is 0 Å². The number of carbonyl (C=O) groups is 1. The fourth-order valence-corrected chi connectivity index (χ4v) is 2.33. The van der Waals surface area contributed by atoms with Crippen LogP contribution in [0.1, 0.15) is 24.8 Å². The van der Waals surface area contributed by atoms with Crippen molar-refractivity contribution in [2.24, 2.45) is 0 Å². The molecule has 1 atom stereocenters. The Balaban J connectivity index is 2.29. The van der Waals surface area contributed by atoms with E-state index in [0.29, 0.717) is 6.61 Å². The van der Waals surface area contributed by atoms with Gasteiger partial charge in [0.2, 0.25) is 0 Å². The fraction of sp³-hybridized carbons (Fsp3) is 0.364. The molecular weight excluding hydrogens is 224 g/mol. The molecule has 84 valence electrons. The average molecular weight is 236 g/mol. The number of pyridine rings is 1. The van der Waals surface area contributed by atoms with Gasteiger partial charge in [0.05, 0.1) is 23.0 Å². The maximum atomic E-state index is 11.5. The quantitative estimate of drug-likeness (QED) is 0.768. The summed E-state index contributed by atoms with van der Waals surface area (Å²) in [7, 11) is 0. The van der Waals surface area contributed by atoms with Gasteiger partial charge in [0.25, 0.3) is 0 Å². The molecule has 2 aromatic rings. The van der Waals surface area contributed by atoms with Crippen LogP contribution in [0.4, 0.5) is 0 Å². The predicted octanol–water partition coefficient (Wildman–Crippen LogP) is 2.36. The number of nitrogens with zero attached hydrogens (tertiary/aromatic N) is 2. The topological polar surface area (TPSA) is 52.1 Å². The van der Waals surface area contributed by atoms with E-state index in [9.17, 15) is 4.79 Å². The van der Waals surface area contributed by atoms with E-state index in [4.69, 9.17) is 4.74 Å². The minimum Gasteiger partial charge on any atom is -0.465 e. The number of aromatic nitrogens is 2. The number of carbonyl (C=O) groups excluding carboxylic acids is 1. The van der Waals surface area contributed by atoms with Crippen molar-refractivity contribution < 1.29 is 9.53 Å². The summed E-state index contributed by atoms with van der Waals surface area (Å²) < 4.78 is 6.01. The van der Waals surface area contributed by atoms with Gasteiger partial charge in [-0.2, -0.15) is 0 Å². The van der Waals surface area contributed by atoms with Crippen LogP contribution >= 0.6 is 11.3 Å². The molecule has 1 unspecified atom stereocenters. The van der Waals surface area contributed by atoms with Crippen molar-refractivity contribution in [3.05, 3.63) is 23.5 Å². The van der Waals surface area contributed by atoms with Crippen LogP contribution in [-0.4, -0.2) is 22.5 Å². The Hall–Kier alpha value is -1.49. The van der Waals surface area contributed by atoms with Crippen LogP contribution in [0.5, 0.6) is 0 Å². The molecule has 0 aliphatic heterocycles. The Morgan fingerprint density at radius 2 is 2.44 bits per heavy atom. The molecule has 0 spiro atoms. The summed E-state index contributed by atoms with van der Waals surface area (Å²) in [6.45, 7) is 4.01. The van der Waals surface area contributed by atoms with E-state index in [-0.39, 0.29) is 11.9 Å². The van der Waals surface area contributed by atoms with E-state index in [1.165, 1.54) is 11.3 Å². The number of ether oxygens (including phenoxy) is 1. The summed E-state index contributed by atoms with van der Waals surface area (Å²) in [4.78, 5) is 19.9. The third-order valence-corrected chi connectivity index (χ3v) is 3.44. The predicted molar refractivity (Wildman–Crippen MR) is 62.5 cm³/mol. The molecule has 16 heavy (non-hydrogen) atoms. The Morgan fingerprint density at radius 1 is 1.62 bits per heavy atom. The van der Waals surface area contributed by atoms with Gasteiger partial charge in [-0.05, 0) is 19.9 Å². The first-order chi connectivity index (χ1) is 7.72. The van der Waals surface area contributed by atoms with Gasteiger partial charge >= 0.3 is 5.97 Å². The minimum atomic E-state index is -0.308. The summed E-state index contributed by atoms with van der Waals surface area (Å²) in [6, 6.07) is 1.90. The molecular formula is C11H12N2O2S. The summed E-state index contributed by atoms with van der Waals surface area (Å²) in [6.07, 6.45) is 3.42. The number of hydrogen-bond acceptors (Lipinski definition) is 5. The normalized spacial score (nSPS) is 12.6. The molecule has 0 saturated heterocycles. The second kappa shape index (κ2) is 4.57. The maximum absolute atomic E-state index is 11.5. The molecule has 0 fully saturated rings. The van der Waals surface area contributed by atoms with E-state index in [0.717, 1.165) is 15.2 Å². The van der Waals surface area contributed by atoms with Crippen molar-refractivity contribution >= 4 is 27.5 Å². The Labute approximate surface area is 97.3 Å². The van der Waals surface area contributed by atoms with Gasteiger partial charge < -0.3 is 4.74 Å². The van der Waals surface area contributed by atoms with Crippen LogP contribution in [0.3, 0.4) is 0 Å². The van der Waals surface area contributed by atoms with Gasteiger partial charge in [-0.15, -0.1) is 11.3 Å². The molecule has 0 amide bonds. The van der Waals surface area contributed by atoms with Crippen molar-refractivity contribution in [3.8, 4) is 0 Å². The average Bonchev–Trinajstić information content (AvgIpc) is 2.71. The first-order valence-electron chi connectivity index (χ1n) is 5.09. The number of esters is 1. The Kier molecular flexibility index (Phi) is 3.14. The smallest absolute Gasteiger partial charge is 0.315 e. The Bertz CT molecular complexity index is 476. The highest BCUT2D eigenvalue weighted by Gasteiger charge is 2.20. The van der Waals surface area contributed by atoms with Gasteiger partial charge in [-0.3, -0.25) is 9.78 Å². The van der Waals surface area contributed by atoms with Crippen LogP contribution in [0, 0.1) is 0 Å². The summed E-state index contributed by atoms with van der Waals surface area (Å²) >= 11 is 1.51. The number of hydrogen-bond donors (Lipinski definition) is 0. The van der Waals surface area contributed by atoms with E-state index in [2.05, 4.69) is 9.97 Å². The maximum Gasteiger partial charge on any atom is 0.315 e. The molecule has 2 heterocycles. The van der Waals surface area contributed by atoms with Gasteiger partial charge in [0, 0.05) is 6.20 Å². The Morgan fingerprint density at radius 3 is 3.12 bits per heavy atom. The molecule has 0 radical (unpaired) electrons. The highest BCUT2D eigenvalue weighted by Crippen LogP contribution is 2.27. The zero-order valence-electron chi connectivity index (χ0n) is 9.14. The highest BCUT2D eigenvalue weighted by molar-refractivity contribution is 7.18. The van der Waals surface area contributed by atoms with Crippen molar-refractivity contribution in [1.29, 1.82) is 0 Å². The third-order valence-electron chi connectivity index (χ3n) is 2.22. The summed E-state index contributed by atoms with van der Waals surface area (Å²) in [5.41, 5.74) is 0.832. The van der Waals surface area contributed by atoms with Crippen molar-refractivity contribution in [2.75, 3.05) is 6.61 Å². The van der Waals surface area contributed by atoms with Crippen LogP contribution in [0.2, 0.25) is 0 Å². The lowest BCUT2D eigenvalue weighted by molar-refractivity contribution is -0.144. The molecule has 5 heteroatoms. The molecule has 0 N–H and O–H groups in total. The van der Waals surface area contributed by atoms with Gasteiger partial charge in [0.1, 0.15) is 10.9 Å². The molecule has 0 aliphatic rings. The number of rotatable bonds is 3. The zero-order chi connectivity index (χ0) is 11.5. The number of fused-ring (bicyclic) bond motifs is 1. The third kappa shape index (κ3) is 2.04. The fourth-order valence-electron chi connectivity index (χ4n) is 1.35. The number of thiazole rings is 1. The highest BCUT2D eigenvalue weighted by atomic mass is 32.1. The summed E-state index contributed by atoms with van der Waals surface area (Å²) in [5, 5.41) is 0.779. The van der Waals surface area contributed by atoms with Gasteiger partial charge in [0.15, 0.2) is 0 Å². The van der Waals surface area contributed by atoms with Crippen molar-refractivity contribution in [3.63, 3.8) is 0 Å². The molecule has 4 nitrogen and oxygen atoms in total. The molecule has 0 saturated carbocycles. The van der Waals surface area contributed by atoms with Crippen LogP contribution in [0.15, 0.2) is 18.5 Å². The van der Waals surface area contributed by atoms with Gasteiger partial charge in [-0.1, -0.05) is 0 Å². The molecule has 2 aromatic heterocycles. The van der Waals surface area contributed by atoms with Crippen LogP contribution in [0.25, 0.3) is 10.2 Å². The molecule has 0 bridgehead atoms. The lowest BCUT2D eigenvalue weighted by atomic mass is 10.2. The van der Waals surface area contributed by atoms with Gasteiger partial charge in [-0.25, -0.2) is 4.98 Å². The van der Waals surface area contributed by atoms with Crippen molar-refractivity contribution in [1.82, 2.24) is 9.97 Å². The van der Waals surface area contributed by atoms with E-state index in [1.54, 1.807) is 19.3 Å². The second-order valence-electron chi connectivity index (χ2n) is 3.37.